The summed E-state index contributed by atoms with van der Waals surface area (Å²) in [4.78, 5) is 40.7. The maximum Gasteiger partial charge on any atom is 0.297 e. The zero-order chi connectivity index (χ0) is 54.6. The Labute approximate surface area is 453 Å². The Kier molecular flexibility index (Phi) is 14.3. The summed E-state index contributed by atoms with van der Waals surface area (Å²) in [6.45, 7) is 12.9. The number of aromatic amines is 1. The number of nitro benzene ring substituents is 1. The molecule has 1 unspecified atom stereocenters. The summed E-state index contributed by atoms with van der Waals surface area (Å²) in [5, 5.41) is 16.2. The van der Waals surface area contributed by atoms with Crippen LogP contribution < -0.4 is 33.9 Å². The van der Waals surface area contributed by atoms with Crippen LogP contribution in [-0.4, -0.2) is 116 Å². The normalized spacial score (nSPS) is 20.1. The van der Waals surface area contributed by atoms with E-state index in [2.05, 4.69) is 85.0 Å². The highest BCUT2D eigenvalue weighted by molar-refractivity contribution is 7.90. The lowest BCUT2D eigenvalue weighted by Crippen LogP contribution is -2.60. The van der Waals surface area contributed by atoms with Crippen molar-refractivity contribution in [1.82, 2.24) is 24.5 Å². The number of carbonyl (C=O) groups excluding carboxylic acids is 1. The molecule has 0 radical (unpaired) electrons. The molecule has 6 aromatic rings. The van der Waals surface area contributed by atoms with Crippen LogP contribution in [-0.2, 0) is 21.3 Å². The molecule has 18 nitrogen and oxygen atoms in total. The van der Waals surface area contributed by atoms with Gasteiger partial charge in [-0.05, 0) is 90.1 Å². The molecule has 4 fully saturated rings. The van der Waals surface area contributed by atoms with Crippen molar-refractivity contribution in [1.29, 1.82) is 0 Å². The highest BCUT2D eigenvalue weighted by Crippen LogP contribution is 2.55. The van der Waals surface area contributed by atoms with Gasteiger partial charge in [-0.15, -0.1) is 0 Å². The number of nitrogens with one attached hydrogen (secondary N) is 3. The van der Waals surface area contributed by atoms with Gasteiger partial charge in [0.05, 0.1) is 23.8 Å². The van der Waals surface area contributed by atoms with Crippen molar-refractivity contribution in [3.63, 3.8) is 0 Å². The van der Waals surface area contributed by atoms with Gasteiger partial charge in [0.1, 0.15) is 33.5 Å². The molecule has 412 valence electrons. The Morgan fingerprint density at radius 2 is 1.68 bits per heavy atom. The SMILES string of the molecule is COc1ccc(CN2CCN(C3CC4(CCN(c5ccc(C(=O)NS(=O)(=O)c6cc([N+](=O)[O-])c(NCC7(F)CCOCC7)c7c6OC(C)(C)O7)c(Oc6cnc7[nH]ccc7c6)c5)CC4)C3)C(c3ccccc3C(C)C)C2)cc1. The number of amides is 1. The van der Waals surface area contributed by atoms with E-state index in [-0.39, 0.29) is 72.6 Å². The molecule has 78 heavy (non-hydrogen) atoms. The number of carbonyl (C=O) groups is 1. The molecular weight excluding hydrogens is 1020 g/mol. The minimum atomic E-state index is -4.93. The van der Waals surface area contributed by atoms with E-state index in [0.717, 1.165) is 87.8 Å². The number of methoxy groups -OCH3 is 1. The molecule has 5 aliphatic rings. The average molecular weight is 1090 g/mol. The summed E-state index contributed by atoms with van der Waals surface area (Å²) in [5.74, 6) is -1.56. The summed E-state index contributed by atoms with van der Waals surface area (Å²) in [6.07, 6.45) is 7.57. The van der Waals surface area contributed by atoms with Crippen LogP contribution in [0.1, 0.15) is 105 Å². The summed E-state index contributed by atoms with van der Waals surface area (Å²) in [7, 11) is -3.24. The number of hydrogen-bond acceptors (Lipinski definition) is 15. The van der Waals surface area contributed by atoms with Gasteiger partial charge in [-0.2, -0.15) is 0 Å². The maximum absolute atomic E-state index is 15.7. The zero-order valence-corrected chi connectivity index (χ0v) is 45.5. The number of rotatable bonds is 16. The lowest BCUT2D eigenvalue weighted by Gasteiger charge is -2.58. The largest absolute Gasteiger partial charge is 0.497 e. The standard InChI is InChI=1S/C58H67FN8O10S/c1-37(2)44-8-6-7-9-45(44)48-35-64(34-38-10-13-42(73-5)14-11-38)24-25-66(48)41-31-57(32-41)17-22-65(23-18-57)40-12-15-46(49(29-40)75-43-28-39-16-21-60-54(39)61-33-43)55(68)63-78(71,72)50-30-47(67(69)70)51(53-52(50)76-56(3,4)77-53)62-36-58(59)19-26-74-27-20-58/h6-16,21,28-30,33,37,41,48,62H,17-20,22-27,31-32,34-36H2,1-5H3,(H,60,61)(H,63,68). The number of pyridine rings is 1. The Balaban J connectivity index is 0.818. The smallest absolute Gasteiger partial charge is 0.297 e. The fraction of sp³-hybridized carbons (Fsp3) is 0.448. The second kappa shape index (κ2) is 21.0. The van der Waals surface area contributed by atoms with Crippen LogP contribution in [0, 0.1) is 15.5 Å². The van der Waals surface area contributed by atoms with Crippen LogP contribution in [0.5, 0.6) is 28.7 Å². The van der Waals surface area contributed by atoms with Crippen molar-refractivity contribution in [3.8, 4) is 28.7 Å². The summed E-state index contributed by atoms with van der Waals surface area (Å²) in [5.41, 5.74) is 2.90. The molecule has 0 bridgehead atoms. The third-order valence-electron chi connectivity index (χ3n) is 16.4. The van der Waals surface area contributed by atoms with Crippen molar-refractivity contribution in [2.45, 2.75) is 107 Å². The van der Waals surface area contributed by atoms with Gasteiger partial charge in [0, 0.05) is 127 Å². The molecule has 11 rings (SSSR count). The summed E-state index contributed by atoms with van der Waals surface area (Å²) < 4.78 is 75.8. The predicted octanol–water partition coefficient (Wildman–Crippen LogP) is 10.3. The van der Waals surface area contributed by atoms with Gasteiger partial charge in [0.15, 0.2) is 17.2 Å². The zero-order valence-electron chi connectivity index (χ0n) is 44.7. The number of piperidine rings is 1. The van der Waals surface area contributed by atoms with E-state index in [1.54, 1.807) is 31.5 Å². The van der Waals surface area contributed by atoms with E-state index in [4.69, 9.17) is 23.7 Å². The van der Waals surface area contributed by atoms with Crippen LogP contribution in [0.3, 0.4) is 0 Å². The first-order chi connectivity index (χ1) is 37.4. The third-order valence-corrected chi connectivity index (χ3v) is 17.8. The second-order valence-corrected chi connectivity index (χ2v) is 24.0. The molecule has 1 spiro atoms. The summed E-state index contributed by atoms with van der Waals surface area (Å²) >= 11 is 0. The molecule has 2 aromatic heterocycles. The number of H-pyrrole nitrogens is 1. The topological polar surface area (TPSA) is 203 Å². The minimum Gasteiger partial charge on any atom is -0.497 e. The fourth-order valence-electron chi connectivity index (χ4n) is 12.2. The van der Waals surface area contributed by atoms with Crippen LogP contribution in [0.15, 0.2) is 102 Å². The van der Waals surface area contributed by atoms with Crippen molar-refractivity contribution in [2.75, 3.05) is 69.8 Å². The van der Waals surface area contributed by atoms with Crippen LogP contribution in [0.2, 0.25) is 0 Å². The number of nitro groups is 1. The molecule has 1 amide bonds. The first kappa shape index (κ1) is 53.0. The average Bonchev–Trinajstić information content (AvgIpc) is 4.19. The molecule has 3 saturated heterocycles. The highest BCUT2D eigenvalue weighted by Gasteiger charge is 2.50. The number of piperazine rings is 1. The summed E-state index contributed by atoms with van der Waals surface area (Å²) in [6, 6.07) is 27.5. The van der Waals surface area contributed by atoms with Crippen molar-refractivity contribution in [3.05, 3.63) is 130 Å². The Morgan fingerprint density at radius 1 is 0.936 bits per heavy atom. The number of alkyl halides is 1. The van der Waals surface area contributed by atoms with E-state index in [9.17, 15) is 23.3 Å². The number of anilines is 2. The minimum absolute atomic E-state index is 0.0582. The molecule has 1 saturated carbocycles. The van der Waals surface area contributed by atoms with Gasteiger partial charge < -0.3 is 38.9 Å². The number of ether oxygens (including phenoxy) is 5. The Morgan fingerprint density at radius 3 is 2.41 bits per heavy atom. The molecular formula is C58H67FN8O10S. The van der Waals surface area contributed by atoms with Gasteiger partial charge in [-0.1, -0.05) is 50.2 Å². The lowest BCUT2D eigenvalue weighted by atomic mass is 9.59. The predicted molar refractivity (Wildman–Crippen MR) is 293 cm³/mol. The number of halogens is 1. The molecule has 1 atom stereocenters. The van der Waals surface area contributed by atoms with E-state index in [0.29, 0.717) is 23.4 Å². The molecule has 20 heteroatoms. The highest BCUT2D eigenvalue weighted by atomic mass is 32.2. The molecule has 3 N–H and O–H groups in total. The van der Waals surface area contributed by atoms with Gasteiger partial charge in [-0.25, -0.2) is 22.5 Å². The van der Waals surface area contributed by atoms with Gasteiger partial charge in [-0.3, -0.25) is 24.7 Å². The van der Waals surface area contributed by atoms with Gasteiger partial charge in [0.2, 0.25) is 5.79 Å². The Hall–Kier alpha value is -7.00. The van der Waals surface area contributed by atoms with Crippen molar-refractivity contribution in [2.24, 2.45) is 5.41 Å². The number of fused-ring (bicyclic) bond motifs is 2. The van der Waals surface area contributed by atoms with Gasteiger partial charge >= 0.3 is 0 Å². The molecule has 4 aromatic carbocycles. The van der Waals surface area contributed by atoms with Crippen molar-refractivity contribution < 1.29 is 46.2 Å². The van der Waals surface area contributed by atoms with Gasteiger partial charge in [0.25, 0.3) is 21.6 Å². The van der Waals surface area contributed by atoms with Crippen LogP contribution >= 0.6 is 0 Å². The van der Waals surface area contributed by atoms with E-state index in [1.165, 1.54) is 42.8 Å². The van der Waals surface area contributed by atoms with Crippen LogP contribution in [0.25, 0.3) is 11.0 Å². The molecule has 1 aliphatic carbocycles. The lowest BCUT2D eigenvalue weighted by molar-refractivity contribution is -0.384. The Bertz CT molecular complexity index is 3330. The monoisotopic (exact) mass is 1090 g/mol. The quantitative estimate of drug-likeness (QED) is 0.0610. The number of benzene rings is 4. The second-order valence-electron chi connectivity index (χ2n) is 22.4. The van der Waals surface area contributed by atoms with Crippen LogP contribution in [0.4, 0.5) is 21.5 Å². The molecule has 6 heterocycles. The van der Waals surface area contributed by atoms with E-state index in [1.807, 2.05) is 18.2 Å². The van der Waals surface area contributed by atoms with E-state index >= 15 is 4.39 Å². The maximum atomic E-state index is 15.7. The third kappa shape index (κ3) is 10.8. The van der Waals surface area contributed by atoms with Crippen molar-refractivity contribution >= 4 is 44.0 Å². The molecule has 4 aliphatic heterocycles. The number of aromatic nitrogens is 2. The number of hydrogen-bond donors (Lipinski definition) is 3. The fourth-order valence-corrected chi connectivity index (χ4v) is 13.3. The first-order valence-electron chi connectivity index (χ1n) is 26.9. The first-order valence-corrected chi connectivity index (χ1v) is 28.4. The van der Waals surface area contributed by atoms with E-state index < -0.39 is 42.9 Å². The number of nitrogens with zero attached hydrogens (tertiary/aromatic N) is 5. The number of sulfonamides is 1.